The normalized spacial score (nSPS) is 14.3. The summed E-state index contributed by atoms with van der Waals surface area (Å²) in [6, 6.07) is 9.46. The van der Waals surface area contributed by atoms with Gasteiger partial charge in [-0.1, -0.05) is 19.3 Å². The van der Waals surface area contributed by atoms with E-state index in [-0.39, 0.29) is 0 Å². The van der Waals surface area contributed by atoms with E-state index < -0.39 is 16.4 Å². The van der Waals surface area contributed by atoms with Crippen molar-refractivity contribution in [1.29, 1.82) is 0 Å². The number of aromatic nitrogens is 3. The van der Waals surface area contributed by atoms with E-state index in [9.17, 15) is 14.5 Å². The Hall–Kier alpha value is -3.62. The van der Waals surface area contributed by atoms with E-state index in [0.29, 0.717) is 28.8 Å². The first-order chi connectivity index (χ1) is 14.6. The first kappa shape index (κ1) is 19.7. The van der Waals surface area contributed by atoms with Crippen LogP contribution in [0.2, 0.25) is 0 Å². The number of hydrogen-bond donors (Lipinski definition) is 2. The van der Waals surface area contributed by atoms with Crippen LogP contribution in [0.1, 0.15) is 32.1 Å². The van der Waals surface area contributed by atoms with E-state index in [1.807, 2.05) is 6.07 Å². The predicted molar refractivity (Wildman–Crippen MR) is 112 cm³/mol. The number of benzene rings is 1. The molecule has 0 amide bonds. The quantitative estimate of drug-likeness (QED) is 0.433. The zero-order chi connectivity index (χ0) is 20.9. The van der Waals surface area contributed by atoms with Crippen LogP contribution in [0.25, 0.3) is 11.4 Å². The van der Waals surface area contributed by atoms with E-state index in [4.69, 9.17) is 0 Å². The van der Waals surface area contributed by atoms with Crippen molar-refractivity contribution in [1.82, 2.24) is 15.0 Å². The molecule has 9 heteroatoms. The Kier molecular flexibility index (Phi) is 5.78. The summed E-state index contributed by atoms with van der Waals surface area (Å²) in [5.41, 5.74) is 1.61. The van der Waals surface area contributed by atoms with Crippen LogP contribution in [0.4, 0.5) is 27.3 Å². The summed E-state index contributed by atoms with van der Waals surface area (Å²) in [5, 5.41) is 17.4. The standard InChI is InChI=1S/C21H21FN6O2/c22-16-11-15(8-9-19(16)28(29)30)26-17-7-4-10-23-21(17)18-12-20(25-13-24-18)27-14-5-2-1-3-6-14/h4,7-14,26H,1-3,5-6H2,(H,24,25,27). The number of nitrogens with one attached hydrogen (secondary N) is 2. The predicted octanol–water partition coefficient (Wildman–Crippen LogP) is 5.07. The van der Waals surface area contributed by atoms with Crippen molar-refractivity contribution < 1.29 is 9.31 Å². The van der Waals surface area contributed by atoms with Crippen LogP contribution >= 0.6 is 0 Å². The van der Waals surface area contributed by atoms with Crippen LogP contribution in [-0.4, -0.2) is 25.9 Å². The van der Waals surface area contributed by atoms with E-state index >= 15 is 0 Å². The van der Waals surface area contributed by atoms with Crippen molar-refractivity contribution in [2.75, 3.05) is 10.6 Å². The van der Waals surface area contributed by atoms with Gasteiger partial charge in [0.05, 0.1) is 16.3 Å². The number of hydrogen-bond acceptors (Lipinski definition) is 7. The molecule has 1 aromatic carbocycles. The molecule has 1 fully saturated rings. The van der Waals surface area contributed by atoms with Crippen molar-refractivity contribution >= 4 is 22.9 Å². The molecule has 0 aliphatic heterocycles. The number of anilines is 3. The zero-order valence-corrected chi connectivity index (χ0v) is 16.2. The average Bonchev–Trinajstić information content (AvgIpc) is 2.75. The number of nitro benzene ring substituents is 1. The molecule has 0 radical (unpaired) electrons. The Morgan fingerprint density at radius 2 is 1.90 bits per heavy atom. The van der Waals surface area contributed by atoms with Gasteiger partial charge in [-0.2, -0.15) is 4.39 Å². The molecule has 3 aromatic rings. The van der Waals surface area contributed by atoms with Gasteiger partial charge in [-0.05, 0) is 31.0 Å². The fourth-order valence-electron chi connectivity index (χ4n) is 3.62. The third-order valence-corrected chi connectivity index (χ3v) is 5.10. The molecule has 8 nitrogen and oxygen atoms in total. The van der Waals surface area contributed by atoms with E-state index in [0.717, 1.165) is 30.8 Å². The molecule has 2 aromatic heterocycles. The highest BCUT2D eigenvalue weighted by Gasteiger charge is 2.17. The van der Waals surface area contributed by atoms with Gasteiger partial charge in [0.2, 0.25) is 5.82 Å². The highest BCUT2D eigenvalue weighted by Crippen LogP contribution is 2.30. The van der Waals surface area contributed by atoms with Gasteiger partial charge in [0.25, 0.3) is 0 Å². The van der Waals surface area contributed by atoms with Gasteiger partial charge in [-0.25, -0.2) is 9.97 Å². The largest absolute Gasteiger partial charge is 0.367 e. The summed E-state index contributed by atoms with van der Waals surface area (Å²) in [7, 11) is 0. The molecular weight excluding hydrogens is 387 g/mol. The van der Waals surface area contributed by atoms with Crippen molar-refractivity contribution in [3.63, 3.8) is 0 Å². The summed E-state index contributed by atoms with van der Waals surface area (Å²) < 4.78 is 14.0. The maximum absolute atomic E-state index is 14.0. The van der Waals surface area contributed by atoms with Crippen LogP contribution < -0.4 is 10.6 Å². The van der Waals surface area contributed by atoms with Gasteiger partial charge in [0.1, 0.15) is 17.8 Å². The lowest BCUT2D eigenvalue weighted by atomic mass is 9.95. The van der Waals surface area contributed by atoms with Crippen LogP contribution in [0, 0.1) is 15.9 Å². The third kappa shape index (κ3) is 4.51. The van der Waals surface area contributed by atoms with Gasteiger partial charge < -0.3 is 10.6 Å². The monoisotopic (exact) mass is 408 g/mol. The lowest BCUT2D eigenvalue weighted by molar-refractivity contribution is -0.387. The number of nitrogens with zero attached hydrogens (tertiary/aromatic N) is 4. The van der Waals surface area contributed by atoms with Gasteiger partial charge in [0, 0.05) is 36.1 Å². The Balaban J connectivity index is 1.58. The Morgan fingerprint density at radius 3 is 2.67 bits per heavy atom. The first-order valence-electron chi connectivity index (χ1n) is 9.85. The molecular formula is C21H21FN6O2. The number of halogens is 1. The molecule has 2 N–H and O–H groups in total. The van der Waals surface area contributed by atoms with Crippen LogP contribution in [0.3, 0.4) is 0 Å². The molecule has 1 aliphatic rings. The fraction of sp³-hybridized carbons (Fsp3) is 0.286. The molecule has 0 bridgehead atoms. The molecule has 154 valence electrons. The SMILES string of the molecule is O=[N+]([O-])c1ccc(Nc2cccnc2-c2cc(NC3CCCCC3)ncn2)cc1F. The number of pyridine rings is 1. The molecule has 1 saturated carbocycles. The van der Waals surface area contributed by atoms with Gasteiger partial charge in [-0.15, -0.1) is 0 Å². The second kappa shape index (κ2) is 8.81. The highest BCUT2D eigenvalue weighted by molar-refractivity contribution is 5.77. The molecule has 0 atom stereocenters. The summed E-state index contributed by atoms with van der Waals surface area (Å²) >= 11 is 0. The topological polar surface area (TPSA) is 106 Å². The Bertz CT molecular complexity index is 1060. The molecule has 2 heterocycles. The second-order valence-corrected chi connectivity index (χ2v) is 7.22. The van der Waals surface area contributed by atoms with E-state index in [2.05, 4.69) is 25.6 Å². The maximum Gasteiger partial charge on any atom is 0.304 e. The van der Waals surface area contributed by atoms with E-state index in [1.165, 1.54) is 31.7 Å². The first-order valence-corrected chi connectivity index (χ1v) is 9.85. The Morgan fingerprint density at radius 1 is 1.07 bits per heavy atom. The molecule has 4 rings (SSSR count). The van der Waals surface area contributed by atoms with E-state index in [1.54, 1.807) is 18.3 Å². The van der Waals surface area contributed by atoms with Crippen molar-refractivity contribution in [2.24, 2.45) is 0 Å². The minimum Gasteiger partial charge on any atom is -0.367 e. The second-order valence-electron chi connectivity index (χ2n) is 7.22. The summed E-state index contributed by atoms with van der Waals surface area (Å²) in [6.07, 6.45) is 9.10. The van der Waals surface area contributed by atoms with Gasteiger partial charge in [0.15, 0.2) is 0 Å². The molecule has 30 heavy (non-hydrogen) atoms. The fourth-order valence-corrected chi connectivity index (χ4v) is 3.62. The maximum atomic E-state index is 14.0. The third-order valence-electron chi connectivity index (χ3n) is 5.10. The lowest BCUT2D eigenvalue weighted by Crippen LogP contribution is -2.22. The molecule has 1 aliphatic carbocycles. The molecule has 0 spiro atoms. The van der Waals surface area contributed by atoms with Crippen LogP contribution in [0.5, 0.6) is 0 Å². The minimum atomic E-state index is -0.906. The highest BCUT2D eigenvalue weighted by atomic mass is 19.1. The van der Waals surface area contributed by atoms with Crippen molar-refractivity contribution in [3.05, 3.63) is 64.9 Å². The number of nitro groups is 1. The lowest BCUT2D eigenvalue weighted by Gasteiger charge is -2.23. The zero-order valence-electron chi connectivity index (χ0n) is 16.2. The van der Waals surface area contributed by atoms with Gasteiger partial charge in [-0.3, -0.25) is 15.1 Å². The number of rotatable bonds is 6. The van der Waals surface area contributed by atoms with Crippen LogP contribution in [-0.2, 0) is 0 Å². The Labute approximate surface area is 172 Å². The van der Waals surface area contributed by atoms with Gasteiger partial charge >= 0.3 is 5.69 Å². The summed E-state index contributed by atoms with van der Waals surface area (Å²) in [6.45, 7) is 0. The van der Waals surface area contributed by atoms with Crippen molar-refractivity contribution in [2.45, 2.75) is 38.1 Å². The summed E-state index contributed by atoms with van der Waals surface area (Å²) in [4.78, 5) is 23.2. The molecule has 0 saturated heterocycles. The summed E-state index contributed by atoms with van der Waals surface area (Å²) in [5.74, 6) is -0.165. The minimum absolute atomic E-state index is 0.377. The van der Waals surface area contributed by atoms with Crippen molar-refractivity contribution in [3.8, 4) is 11.4 Å². The average molecular weight is 408 g/mol. The molecule has 0 unspecified atom stereocenters. The van der Waals surface area contributed by atoms with Crippen LogP contribution in [0.15, 0.2) is 48.9 Å². The smallest absolute Gasteiger partial charge is 0.304 e.